The molecule has 3 heteroatoms. The predicted octanol–water partition coefficient (Wildman–Crippen LogP) is 4.46. The molecule has 0 aliphatic heterocycles. The lowest BCUT2D eigenvalue weighted by molar-refractivity contribution is 0.620. The summed E-state index contributed by atoms with van der Waals surface area (Å²) in [4.78, 5) is 2.46. The molecule has 0 radical (unpaired) electrons. The van der Waals surface area contributed by atoms with E-state index in [1.54, 1.807) is 0 Å². The van der Waals surface area contributed by atoms with Crippen LogP contribution in [-0.4, -0.2) is 19.1 Å². The third kappa shape index (κ3) is 4.70. The molecule has 1 unspecified atom stereocenters. The standard InChI is InChI=1S/C16H27ClN2/c1-5-10-18-12-14-11-15(17)8-9-16(14)19(7-3)13(4)6-2/h8-9,11,13,18H,5-7,10,12H2,1-4H3. The number of nitrogens with one attached hydrogen (secondary N) is 1. The molecule has 0 amide bonds. The van der Waals surface area contributed by atoms with Crippen molar-refractivity contribution in [1.29, 1.82) is 0 Å². The van der Waals surface area contributed by atoms with Crippen LogP contribution in [0, 0.1) is 0 Å². The lowest BCUT2D eigenvalue weighted by atomic mass is 10.1. The second-order valence-corrected chi connectivity index (χ2v) is 5.43. The molecule has 2 nitrogen and oxygen atoms in total. The molecular weight excluding hydrogens is 256 g/mol. The third-order valence-electron chi connectivity index (χ3n) is 3.56. The first kappa shape index (κ1) is 16.3. The van der Waals surface area contributed by atoms with Gasteiger partial charge in [-0.25, -0.2) is 0 Å². The molecule has 1 aromatic rings. The van der Waals surface area contributed by atoms with Crippen molar-refractivity contribution >= 4 is 17.3 Å². The maximum Gasteiger partial charge on any atom is 0.0415 e. The molecule has 0 fully saturated rings. The number of hydrogen-bond donors (Lipinski definition) is 1. The molecular formula is C16H27ClN2. The van der Waals surface area contributed by atoms with E-state index in [0.717, 1.165) is 37.5 Å². The predicted molar refractivity (Wildman–Crippen MR) is 86.2 cm³/mol. The van der Waals surface area contributed by atoms with Crippen LogP contribution in [0.1, 0.15) is 46.1 Å². The highest BCUT2D eigenvalue weighted by Crippen LogP contribution is 2.26. The summed E-state index contributed by atoms with van der Waals surface area (Å²) in [5, 5.41) is 4.29. The van der Waals surface area contributed by atoms with Crippen LogP contribution in [0.3, 0.4) is 0 Å². The Balaban J connectivity index is 2.96. The maximum atomic E-state index is 6.14. The largest absolute Gasteiger partial charge is 0.369 e. The van der Waals surface area contributed by atoms with Gasteiger partial charge < -0.3 is 10.2 Å². The van der Waals surface area contributed by atoms with Crippen LogP contribution in [0.4, 0.5) is 5.69 Å². The average molecular weight is 283 g/mol. The molecule has 0 heterocycles. The van der Waals surface area contributed by atoms with Gasteiger partial charge in [0.1, 0.15) is 0 Å². The van der Waals surface area contributed by atoms with Crippen molar-refractivity contribution in [2.75, 3.05) is 18.0 Å². The molecule has 0 saturated heterocycles. The fourth-order valence-corrected chi connectivity index (χ4v) is 2.51. The maximum absolute atomic E-state index is 6.14. The van der Waals surface area contributed by atoms with Crippen LogP contribution in [0.25, 0.3) is 0 Å². The summed E-state index contributed by atoms with van der Waals surface area (Å²) in [5.41, 5.74) is 2.60. The van der Waals surface area contributed by atoms with Crippen LogP contribution in [-0.2, 0) is 6.54 Å². The Morgan fingerprint density at radius 3 is 2.58 bits per heavy atom. The molecule has 1 atom stereocenters. The monoisotopic (exact) mass is 282 g/mol. The summed E-state index contributed by atoms with van der Waals surface area (Å²) < 4.78 is 0. The Bertz CT molecular complexity index is 379. The topological polar surface area (TPSA) is 15.3 Å². The van der Waals surface area contributed by atoms with Crippen LogP contribution < -0.4 is 10.2 Å². The Morgan fingerprint density at radius 1 is 1.26 bits per heavy atom. The molecule has 0 aromatic heterocycles. The van der Waals surface area contributed by atoms with Gasteiger partial charge >= 0.3 is 0 Å². The van der Waals surface area contributed by atoms with Crippen LogP contribution in [0.15, 0.2) is 18.2 Å². The molecule has 19 heavy (non-hydrogen) atoms. The summed E-state index contributed by atoms with van der Waals surface area (Å²) in [6, 6.07) is 6.78. The number of hydrogen-bond acceptors (Lipinski definition) is 2. The van der Waals surface area contributed by atoms with E-state index in [2.05, 4.69) is 50.0 Å². The number of rotatable bonds is 8. The van der Waals surface area contributed by atoms with Crippen molar-refractivity contribution in [1.82, 2.24) is 5.32 Å². The number of halogens is 1. The van der Waals surface area contributed by atoms with Crippen molar-refractivity contribution in [3.63, 3.8) is 0 Å². The smallest absolute Gasteiger partial charge is 0.0415 e. The van der Waals surface area contributed by atoms with Gasteiger partial charge in [-0.15, -0.1) is 0 Å². The zero-order valence-electron chi connectivity index (χ0n) is 12.7. The first-order chi connectivity index (χ1) is 9.13. The molecule has 1 aromatic carbocycles. The van der Waals surface area contributed by atoms with Crippen molar-refractivity contribution in [3.05, 3.63) is 28.8 Å². The van der Waals surface area contributed by atoms with Crippen LogP contribution >= 0.6 is 11.6 Å². The highest BCUT2D eigenvalue weighted by Gasteiger charge is 2.14. The van der Waals surface area contributed by atoms with Gasteiger partial charge in [0.25, 0.3) is 0 Å². The van der Waals surface area contributed by atoms with Gasteiger partial charge in [0, 0.05) is 29.8 Å². The molecule has 0 bridgehead atoms. The molecule has 0 spiro atoms. The van der Waals surface area contributed by atoms with E-state index in [1.165, 1.54) is 11.3 Å². The highest BCUT2D eigenvalue weighted by atomic mass is 35.5. The highest BCUT2D eigenvalue weighted by molar-refractivity contribution is 6.30. The summed E-state index contributed by atoms with van der Waals surface area (Å²) >= 11 is 6.14. The number of anilines is 1. The molecule has 0 aliphatic carbocycles. The minimum absolute atomic E-state index is 0.552. The van der Waals surface area contributed by atoms with Crippen molar-refractivity contribution in [2.45, 2.75) is 53.1 Å². The molecule has 1 N–H and O–H groups in total. The number of benzene rings is 1. The Morgan fingerprint density at radius 2 is 2.00 bits per heavy atom. The Kier molecular flexibility index (Phi) is 7.25. The average Bonchev–Trinajstić information content (AvgIpc) is 2.41. The van der Waals surface area contributed by atoms with E-state index in [0.29, 0.717) is 6.04 Å². The minimum Gasteiger partial charge on any atom is -0.369 e. The van der Waals surface area contributed by atoms with Crippen molar-refractivity contribution in [3.8, 4) is 0 Å². The normalized spacial score (nSPS) is 12.5. The van der Waals surface area contributed by atoms with Crippen molar-refractivity contribution < 1.29 is 0 Å². The van der Waals surface area contributed by atoms with Gasteiger partial charge in [-0.2, -0.15) is 0 Å². The zero-order chi connectivity index (χ0) is 14.3. The summed E-state index contributed by atoms with van der Waals surface area (Å²) in [7, 11) is 0. The van der Waals surface area contributed by atoms with E-state index < -0.39 is 0 Å². The molecule has 0 aliphatic rings. The quantitative estimate of drug-likeness (QED) is 0.708. The van der Waals surface area contributed by atoms with Crippen LogP contribution in [0.5, 0.6) is 0 Å². The van der Waals surface area contributed by atoms with Gasteiger partial charge in [-0.1, -0.05) is 25.4 Å². The molecule has 1 rings (SSSR count). The van der Waals surface area contributed by atoms with Gasteiger partial charge in [-0.3, -0.25) is 0 Å². The molecule has 108 valence electrons. The van der Waals surface area contributed by atoms with E-state index in [9.17, 15) is 0 Å². The number of nitrogens with zero attached hydrogens (tertiary/aromatic N) is 1. The second kappa shape index (κ2) is 8.44. The van der Waals surface area contributed by atoms with Gasteiger partial charge in [0.05, 0.1) is 0 Å². The second-order valence-electron chi connectivity index (χ2n) is 4.99. The summed E-state index contributed by atoms with van der Waals surface area (Å²) in [6.07, 6.45) is 2.30. The fourth-order valence-electron chi connectivity index (χ4n) is 2.32. The van der Waals surface area contributed by atoms with E-state index >= 15 is 0 Å². The SMILES string of the molecule is CCCNCc1cc(Cl)ccc1N(CC)C(C)CC. The Hall–Kier alpha value is -0.730. The van der Waals surface area contributed by atoms with E-state index in [4.69, 9.17) is 11.6 Å². The van der Waals surface area contributed by atoms with Crippen molar-refractivity contribution in [2.24, 2.45) is 0 Å². The van der Waals surface area contributed by atoms with Crippen LogP contribution in [0.2, 0.25) is 5.02 Å². The van der Waals surface area contributed by atoms with E-state index in [1.807, 2.05) is 6.07 Å². The first-order valence-corrected chi connectivity index (χ1v) is 7.77. The van der Waals surface area contributed by atoms with Gasteiger partial charge in [0.15, 0.2) is 0 Å². The summed E-state index contributed by atoms with van der Waals surface area (Å²) in [6.45, 7) is 11.9. The first-order valence-electron chi connectivity index (χ1n) is 7.39. The fraction of sp³-hybridized carbons (Fsp3) is 0.625. The lowest BCUT2D eigenvalue weighted by Crippen LogP contribution is -2.33. The third-order valence-corrected chi connectivity index (χ3v) is 3.79. The lowest BCUT2D eigenvalue weighted by Gasteiger charge is -2.31. The van der Waals surface area contributed by atoms with Gasteiger partial charge in [0.2, 0.25) is 0 Å². The minimum atomic E-state index is 0.552. The zero-order valence-corrected chi connectivity index (χ0v) is 13.4. The molecule has 0 saturated carbocycles. The van der Waals surface area contributed by atoms with Gasteiger partial charge in [-0.05, 0) is 57.0 Å². The summed E-state index contributed by atoms with van der Waals surface area (Å²) in [5.74, 6) is 0. The van der Waals surface area contributed by atoms with E-state index in [-0.39, 0.29) is 0 Å². The Labute approximate surface area is 123 Å².